The zero-order chi connectivity index (χ0) is 19.5. The fourth-order valence-corrected chi connectivity index (χ4v) is 3.43. The van der Waals surface area contributed by atoms with Crippen LogP contribution in [0.15, 0.2) is 0 Å². The van der Waals surface area contributed by atoms with Crippen molar-refractivity contribution in [3.05, 3.63) is 15.6 Å². The third kappa shape index (κ3) is 5.67. The average Bonchev–Trinajstić information content (AvgIpc) is 2.92. The van der Waals surface area contributed by atoms with Gasteiger partial charge in [0.1, 0.15) is 11.6 Å². The standard InChI is InChI=1S/C16H24N4O5S/c1-16(2,3)25-15(24)17-7-10(14(22)23)18-12(21)13-19-9-5-6-20(4)8-11(9)26-13/h10H,5-8H2,1-4H3,(H,17,24)(H,18,21)(H,22,23). The van der Waals surface area contributed by atoms with E-state index in [4.69, 9.17) is 4.74 Å². The van der Waals surface area contributed by atoms with Gasteiger partial charge in [0.05, 0.1) is 12.2 Å². The molecule has 0 bridgehead atoms. The summed E-state index contributed by atoms with van der Waals surface area (Å²) in [6.07, 6.45) is 0.0174. The summed E-state index contributed by atoms with van der Waals surface area (Å²) in [4.78, 5) is 42.8. The number of nitrogens with one attached hydrogen (secondary N) is 2. The number of hydrogen-bond acceptors (Lipinski definition) is 7. The van der Waals surface area contributed by atoms with Crippen molar-refractivity contribution in [3.63, 3.8) is 0 Å². The number of thiazole rings is 1. The van der Waals surface area contributed by atoms with Crippen molar-refractivity contribution in [2.75, 3.05) is 20.1 Å². The predicted octanol–water partition coefficient (Wildman–Crippen LogP) is 0.839. The number of carboxylic acid groups (broad SMARTS) is 1. The molecule has 2 rings (SSSR count). The molecule has 9 nitrogen and oxygen atoms in total. The van der Waals surface area contributed by atoms with Crippen LogP contribution in [-0.2, 0) is 22.5 Å². The van der Waals surface area contributed by atoms with E-state index in [2.05, 4.69) is 20.5 Å². The molecule has 1 aliphatic heterocycles. The highest BCUT2D eigenvalue weighted by Crippen LogP contribution is 2.24. The molecular weight excluding hydrogens is 360 g/mol. The Bertz CT molecular complexity index is 697. The van der Waals surface area contributed by atoms with Gasteiger partial charge in [-0.05, 0) is 27.8 Å². The van der Waals surface area contributed by atoms with E-state index in [1.807, 2.05) is 7.05 Å². The van der Waals surface area contributed by atoms with Crippen LogP contribution in [0.25, 0.3) is 0 Å². The largest absolute Gasteiger partial charge is 0.480 e. The molecule has 0 spiro atoms. The Morgan fingerprint density at radius 3 is 2.69 bits per heavy atom. The van der Waals surface area contributed by atoms with Crippen LogP contribution in [-0.4, -0.2) is 64.7 Å². The molecule has 2 amide bonds. The van der Waals surface area contributed by atoms with Crippen LogP contribution in [0, 0.1) is 0 Å². The maximum absolute atomic E-state index is 12.3. The van der Waals surface area contributed by atoms with Crippen LogP contribution < -0.4 is 10.6 Å². The Labute approximate surface area is 155 Å². The van der Waals surface area contributed by atoms with E-state index >= 15 is 0 Å². The second-order valence-electron chi connectivity index (χ2n) is 7.12. The van der Waals surface area contributed by atoms with Crippen molar-refractivity contribution in [3.8, 4) is 0 Å². The van der Waals surface area contributed by atoms with E-state index in [-0.39, 0.29) is 11.6 Å². The number of alkyl carbamates (subject to hydrolysis) is 1. The van der Waals surface area contributed by atoms with Crippen LogP contribution in [0.1, 0.15) is 41.1 Å². The normalized spacial score (nSPS) is 15.7. The summed E-state index contributed by atoms with van der Waals surface area (Å²) in [5, 5.41) is 14.3. The number of fused-ring (bicyclic) bond motifs is 1. The molecule has 26 heavy (non-hydrogen) atoms. The number of rotatable bonds is 5. The smallest absolute Gasteiger partial charge is 0.407 e. The van der Waals surface area contributed by atoms with Gasteiger partial charge in [0.15, 0.2) is 5.01 Å². The molecule has 1 unspecified atom stereocenters. The molecule has 0 aliphatic carbocycles. The Morgan fingerprint density at radius 2 is 2.08 bits per heavy atom. The summed E-state index contributed by atoms with van der Waals surface area (Å²) in [5.74, 6) is -1.82. The number of likely N-dealkylation sites (N-methyl/N-ethyl adjacent to an activating group) is 1. The van der Waals surface area contributed by atoms with E-state index in [1.165, 1.54) is 11.3 Å². The minimum atomic E-state index is -1.28. The van der Waals surface area contributed by atoms with Crippen LogP contribution in [0.3, 0.4) is 0 Å². The Morgan fingerprint density at radius 1 is 1.38 bits per heavy atom. The molecule has 0 aromatic carbocycles. The zero-order valence-corrected chi connectivity index (χ0v) is 16.1. The molecule has 1 atom stereocenters. The van der Waals surface area contributed by atoms with Crippen molar-refractivity contribution in [1.29, 1.82) is 0 Å². The van der Waals surface area contributed by atoms with Crippen molar-refractivity contribution < 1.29 is 24.2 Å². The SMILES string of the molecule is CN1CCc2nc(C(=O)NC(CNC(=O)OC(C)(C)C)C(=O)O)sc2C1. The van der Waals surface area contributed by atoms with Gasteiger partial charge >= 0.3 is 12.1 Å². The van der Waals surface area contributed by atoms with E-state index in [9.17, 15) is 19.5 Å². The maximum Gasteiger partial charge on any atom is 0.407 e. The van der Waals surface area contributed by atoms with Crippen LogP contribution in [0.5, 0.6) is 0 Å². The van der Waals surface area contributed by atoms with E-state index in [0.717, 1.165) is 30.1 Å². The monoisotopic (exact) mass is 384 g/mol. The van der Waals surface area contributed by atoms with E-state index in [1.54, 1.807) is 20.8 Å². The molecule has 1 aromatic heterocycles. The summed E-state index contributed by atoms with van der Waals surface area (Å²) in [6.45, 7) is 6.40. The molecule has 10 heteroatoms. The first-order chi connectivity index (χ1) is 12.0. The third-order valence-corrected chi connectivity index (χ3v) is 4.65. The summed E-state index contributed by atoms with van der Waals surface area (Å²) < 4.78 is 5.05. The minimum absolute atomic E-state index is 0.230. The fraction of sp³-hybridized carbons (Fsp3) is 0.625. The number of carbonyl (C=O) groups is 3. The summed E-state index contributed by atoms with van der Waals surface area (Å²) in [7, 11) is 1.99. The molecule has 0 saturated heterocycles. The lowest BCUT2D eigenvalue weighted by Crippen LogP contribution is -2.49. The lowest BCUT2D eigenvalue weighted by Gasteiger charge is -2.21. The highest BCUT2D eigenvalue weighted by atomic mass is 32.1. The van der Waals surface area contributed by atoms with Crippen molar-refractivity contribution in [2.24, 2.45) is 0 Å². The summed E-state index contributed by atoms with van der Waals surface area (Å²) in [6, 6.07) is -1.28. The minimum Gasteiger partial charge on any atom is -0.480 e. The molecule has 1 aliphatic rings. The highest BCUT2D eigenvalue weighted by Gasteiger charge is 2.26. The number of ether oxygens (including phenoxy) is 1. The molecule has 0 saturated carbocycles. The molecule has 144 valence electrons. The van der Waals surface area contributed by atoms with Gasteiger partial charge in [0.25, 0.3) is 5.91 Å². The molecule has 2 heterocycles. The zero-order valence-electron chi connectivity index (χ0n) is 15.3. The van der Waals surface area contributed by atoms with E-state index in [0.29, 0.717) is 0 Å². The second kappa shape index (κ2) is 8.00. The first kappa shape index (κ1) is 20.1. The van der Waals surface area contributed by atoms with Crippen molar-refractivity contribution in [2.45, 2.75) is 45.4 Å². The third-order valence-electron chi connectivity index (χ3n) is 3.57. The van der Waals surface area contributed by atoms with Crippen molar-refractivity contribution in [1.82, 2.24) is 20.5 Å². The van der Waals surface area contributed by atoms with Crippen LogP contribution in [0.4, 0.5) is 4.79 Å². The quantitative estimate of drug-likeness (QED) is 0.688. The van der Waals surface area contributed by atoms with Gasteiger partial charge in [-0.2, -0.15) is 0 Å². The fourth-order valence-electron chi connectivity index (χ4n) is 2.34. The molecular formula is C16H24N4O5S. The molecule has 1 aromatic rings. The van der Waals surface area contributed by atoms with Gasteiger partial charge < -0.3 is 25.4 Å². The van der Waals surface area contributed by atoms with Crippen molar-refractivity contribution >= 4 is 29.3 Å². The van der Waals surface area contributed by atoms with Gasteiger partial charge in [-0.15, -0.1) is 11.3 Å². The van der Waals surface area contributed by atoms with E-state index < -0.39 is 29.6 Å². The van der Waals surface area contributed by atoms with Gasteiger partial charge in [0.2, 0.25) is 0 Å². The first-order valence-electron chi connectivity index (χ1n) is 8.23. The summed E-state index contributed by atoms with van der Waals surface area (Å²) >= 11 is 1.26. The Hall–Kier alpha value is -2.20. The molecule has 0 radical (unpaired) electrons. The number of hydrogen-bond donors (Lipinski definition) is 3. The lowest BCUT2D eigenvalue weighted by atomic mass is 10.2. The van der Waals surface area contributed by atoms with Crippen LogP contribution >= 0.6 is 11.3 Å². The number of carboxylic acids is 1. The lowest BCUT2D eigenvalue weighted by molar-refractivity contribution is -0.139. The topological polar surface area (TPSA) is 121 Å². The average molecular weight is 384 g/mol. The number of amides is 2. The number of carbonyl (C=O) groups excluding carboxylic acids is 2. The first-order valence-corrected chi connectivity index (χ1v) is 9.04. The van der Waals surface area contributed by atoms with Gasteiger partial charge in [-0.3, -0.25) is 4.79 Å². The van der Waals surface area contributed by atoms with Gasteiger partial charge in [-0.25, -0.2) is 14.6 Å². The summed E-state index contributed by atoms with van der Waals surface area (Å²) in [5.41, 5.74) is 0.191. The Balaban J connectivity index is 1.96. The maximum atomic E-state index is 12.3. The molecule has 0 fully saturated rings. The number of nitrogens with zero attached hydrogens (tertiary/aromatic N) is 2. The number of aromatic nitrogens is 1. The van der Waals surface area contributed by atoms with Gasteiger partial charge in [0, 0.05) is 24.4 Å². The predicted molar refractivity (Wildman–Crippen MR) is 95.3 cm³/mol. The van der Waals surface area contributed by atoms with Gasteiger partial charge in [-0.1, -0.05) is 0 Å². The Kier molecular flexibility index (Phi) is 6.19. The van der Waals surface area contributed by atoms with Crippen LogP contribution in [0.2, 0.25) is 0 Å². The second-order valence-corrected chi connectivity index (χ2v) is 8.21. The molecule has 3 N–H and O–H groups in total. The number of aliphatic carboxylic acids is 1. The highest BCUT2D eigenvalue weighted by molar-refractivity contribution is 7.13.